The van der Waals surface area contributed by atoms with E-state index in [0.29, 0.717) is 22.5 Å². The summed E-state index contributed by atoms with van der Waals surface area (Å²) in [4.78, 5) is 30.8. The third-order valence-corrected chi connectivity index (χ3v) is 5.99. The summed E-state index contributed by atoms with van der Waals surface area (Å²) < 4.78 is 1.42. The van der Waals surface area contributed by atoms with Crippen LogP contribution in [0.5, 0.6) is 0 Å². The molecule has 0 radical (unpaired) electrons. The van der Waals surface area contributed by atoms with E-state index in [0.717, 1.165) is 24.2 Å². The van der Waals surface area contributed by atoms with Gasteiger partial charge in [-0.3, -0.25) is 19.6 Å². The molecular weight excluding hydrogens is 492 g/mol. The lowest BCUT2D eigenvalue weighted by Crippen LogP contribution is -2.35. The third-order valence-electron chi connectivity index (χ3n) is 5.99. The molecular formula is C29H40N8O2. The minimum Gasteiger partial charge on any atom is -0.399 e. The number of nitrogens with one attached hydrogen (secondary N) is 4. The molecule has 0 unspecified atom stereocenters. The van der Waals surface area contributed by atoms with Crippen LogP contribution < -0.4 is 33.0 Å². The second-order valence-corrected chi connectivity index (χ2v) is 11.2. The lowest BCUT2D eigenvalue weighted by Gasteiger charge is -2.19. The molecule has 10 nitrogen and oxygen atoms in total. The van der Waals surface area contributed by atoms with Crippen LogP contribution in [0.4, 0.5) is 17.2 Å². The van der Waals surface area contributed by atoms with E-state index in [1.165, 1.54) is 4.57 Å². The van der Waals surface area contributed by atoms with E-state index >= 15 is 0 Å². The zero-order chi connectivity index (χ0) is 28.7. The second-order valence-electron chi connectivity index (χ2n) is 11.2. The van der Waals surface area contributed by atoms with Crippen LogP contribution in [0, 0.1) is 10.8 Å². The molecule has 0 saturated heterocycles. The Labute approximate surface area is 229 Å². The van der Waals surface area contributed by atoms with Crippen molar-refractivity contribution in [3.8, 4) is 11.3 Å². The standard InChI is InChI=1S/C29H40N8O2/c1-18(2)36-27-28(39)37(17-25(38)34-15-19-6-8-20(9-7-19)26(31)32)24(16-35-27)21-12-22(30)14-23(13-21)33-11-10-29(3,4)5/h6-9,12-14,16,18,33H,10-11,15,17,30H2,1-5H3,(H3,31,32)(H,34,38)(H,35,36). The monoisotopic (exact) mass is 532 g/mol. The van der Waals surface area contributed by atoms with Crippen molar-refractivity contribution in [1.29, 1.82) is 5.41 Å². The molecule has 0 aliphatic rings. The van der Waals surface area contributed by atoms with E-state index in [9.17, 15) is 9.59 Å². The van der Waals surface area contributed by atoms with Gasteiger partial charge in [-0.2, -0.15) is 0 Å². The Morgan fingerprint density at radius 3 is 2.44 bits per heavy atom. The number of amides is 1. The molecule has 0 atom stereocenters. The normalized spacial score (nSPS) is 11.3. The van der Waals surface area contributed by atoms with E-state index < -0.39 is 5.56 Å². The Balaban J connectivity index is 1.88. The number of carbonyl (C=O) groups is 1. The smallest absolute Gasteiger partial charge is 0.294 e. The van der Waals surface area contributed by atoms with Gasteiger partial charge in [0.25, 0.3) is 5.56 Å². The number of nitrogen functional groups attached to an aromatic ring is 2. The van der Waals surface area contributed by atoms with Crippen LogP contribution in [-0.2, 0) is 17.9 Å². The third kappa shape index (κ3) is 8.59. The van der Waals surface area contributed by atoms with Gasteiger partial charge in [0, 0.05) is 41.6 Å². The number of anilines is 3. The fraction of sp³-hybridized carbons (Fsp3) is 0.379. The minimum atomic E-state index is -0.396. The zero-order valence-electron chi connectivity index (χ0n) is 23.4. The molecule has 0 spiro atoms. The highest BCUT2D eigenvalue weighted by Crippen LogP contribution is 2.26. The Morgan fingerprint density at radius 2 is 1.82 bits per heavy atom. The topological polar surface area (TPSA) is 164 Å². The van der Waals surface area contributed by atoms with Crippen LogP contribution in [0.1, 0.15) is 52.2 Å². The lowest BCUT2D eigenvalue weighted by atomic mass is 9.92. The molecule has 0 saturated carbocycles. The van der Waals surface area contributed by atoms with Crippen molar-refractivity contribution in [3.05, 3.63) is 70.1 Å². The number of nitrogens with zero attached hydrogens (tertiary/aromatic N) is 2. The molecule has 8 N–H and O–H groups in total. The van der Waals surface area contributed by atoms with Gasteiger partial charge in [0.15, 0.2) is 5.82 Å². The Morgan fingerprint density at radius 1 is 1.13 bits per heavy atom. The van der Waals surface area contributed by atoms with Crippen molar-refractivity contribution in [2.24, 2.45) is 11.1 Å². The molecule has 3 aromatic rings. The van der Waals surface area contributed by atoms with Crippen molar-refractivity contribution in [1.82, 2.24) is 14.9 Å². The largest absolute Gasteiger partial charge is 0.399 e. The number of amidine groups is 1. The summed E-state index contributed by atoms with van der Waals surface area (Å²) in [6, 6.07) is 12.6. The van der Waals surface area contributed by atoms with Gasteiger partial charge in [-0.25, -0.2) is 4.98 Å². The summed E-state index contributed by atoms with van der Waals surface area (Å²) in [5.41, 5.74) is 15.5. The SMILES string of the molecule is CC(C)Nc1ncc(-c2cc(N)cc(NCCC(C)(C)C)c2)n(CC(=O)NCc2ccc(C(=N)N)cc2)c1=O. The quantitative estimate of drug-likeness (QED) is 0.124. The molecule has 0 aliphatic carbocycles. The van der Waals surface area contributed by atoms with Crippen LogP contribution in [0.3, 0.4) is 0 Å². The molecule has 208 valence electrons. The van der Waals surface area contributed by atoms with Gasteiger partial charge in [-0.05, 0) is 49.4 Å². The molecule has 1 heterocycles. The van der Waals surface area contributed by atoms with Gasteiger partial charge in [-0.15, -0.1) is 0 Å². The summed E-state index contributed by atoms with van der Waals surface area (Å²) in [6.07, 6.45) is 2.56. The Hall–Kier alpha value is -4.34. The highest BCUT2D eigenvalue weighted by atomic mass is 16.2. The first-order valence-corrected chi connectivity index (χ1v) is 13.0. The van der Waals surface area contributed by atoms with Gasteiger partial charge < -0.3 is 27.4 Å². The van der Waals surface area contributed by atoms with Crippen LogP contribution in [-0.4, -0.2) is 33.9 Å². The van der Waals surface area contributed by atoms with Crippen LogP contribution >= 0.6 is 0 Å². The fourth-order valence-corrected chi connectivity index (χ4v) is 3.93. The highest BCUT2D eigenvalue weighted by Gasteiger charge is 2.17. The second kappa shape index (κ2) is 12.5. The van der Waals surface area contributed by atoms with Gasteiger partial charge in [-0.1, -0.05) is 45.0 Å². The number of carbonyl (C=O) groups excluding carboxylic acids is 1. The molecule has 0 fully saturated rings. The van der Waals surface area contributed by atoms with Crippen LogP contribution in [0.25, 0.3) is 11.3 Å². The van der Waals surface area contributed by atoms with Crippen molar-refractivity contribution < 1.29 is 4.79 Å². The van der Waals surface area contributed by atoms with Crippen molar-refractivity contribution in [3.63, 3.8) is 0 Å². The van der Waals surface area contributed by atoms with Gasteiger partial charge >= 0.3 is 0 Å². The molecule has 0 aliphatic heterocycles. The summed E-state index contributed by atoms with van der Waals surface area (Å²) >= 11 is 0. The van der Waals surface area contributed by atoms with Crippen LogP contribution in [0.2, 0.25) is 0 Å². The maximum atomic E-state index is 13.4. The molecule has 1 aromatic heterocycles. The number of aromatic nitrogens is 2. The molecule has 2 aromatic carbocycles. The fourth-order valence-electron chi connectivity index (χ4n) is 3.93. The van der Waals surface area contributed by atoms with E-state index in [-0.39, 0.29) is 42.1 Å². The van der Waals surface area contributed by atoms with Crippen molar-refractivity contribution >= 4 is 28.9 Å². The number of hydrogen-bond acceptors (Lipinski definition) is 7. The molecule has 10 heteroatoms. The summed E-state index contributed by atoms with van der Waals surface area (Å²) in [7, 11) is 0. The number of benzene rings is 2. The first kappa shape index (κ1) is 29.2. The van der Waals surface area contributed by atoms with Crippen molar-refractivity contribution in [2.45, 2.75) is 60.2 Å². The maximum absolute atomic E-state index is 13.4. The van der Waals surface area contributed by atoms with E-state index in [4.69, 9.17) is 16.9 Å². The lowest BCUT2D eigenvalue weighted by molar-refractivity contribution is -0.121. The molecule has 1 amide bonds. The number of hydrogen-bond donors (Lipinski definition) is 6. The summed E-state index contributed by atoms with van der Waals surface area (Å²) in [6.45, 7) is 11.2. The van der Waals surface area contributed by atoms with E-state index in [1.54, 1.807) is 36.5 Å². The average Bonchev–Trinajstić information content (AvgIpc) is 2.84. The number of nitrogens with two attached hydrogens (primary N) is 2. The first-order valence-electron chi connectivity index (χ1n) is 13.0. The minimum absolute atomic E-state index is 0.0118. The van der Waals surface area contributed by atoms with Gasteiger partial charge in [0.05, 0.1) is 11.9 Å². The molecule has 3 rings (SSSR count). The Bertz CT molecular complexity index is 1370. The predicted molar refractivity (Wildman–Crippen MR) is 159 cm³/mol. The summed E-state index contributed by atoms with van der Waals surface area (Å²) in [5, 5.41) is 16.9. The molecule has 39 heavy (non-hydrogen) atoms. The van der Waals surface area contributed by atoms with E-state index in [1.807, 2.05) is 26.0 Å². The van der Waals surface area contributed by atoms with Gasteiger partial charge in [0.2, 0.25) is 5.91 Å². The zero-order valence-corrected chi connectivity index (χ0v) is 23.4. The van der Waals surface area contributed by atoms with E-state index in [2.05, 4.69) is 41.7 Å². The number of rotatable bonds is 11. The first-order chi connectivity index (χ1) is 18.3. The van der Waals surface area contributed by atoms with Crippen molar-refractivity contribution in [2.75, 3.05) is 22.9 Å². The maximum Gasteiger partial charge on any atom is 0.294 e. The highest BCUT2D eigenvalue weighted by molar-refractivity contribution is 5.94. The summed E-state index contributed by atoms with van der Waals surface area (Å²) in [5.74, 6) is -0.174. The van der Waals surface area contributed by atoms with Crippen LogP contribution in [0.15, 0.2) is 53.5 Å². The molecule has 0 bridgehead atoms. The van der Waals surface area contributed by atoms with Gasteiger partial charge in [0.1, 0.15) is 12.4 Å². The Kier molecular flexibility index (Phi) is 9.34. The predicted octanol–water partition coefficient (Wildman–Crippen LogP) is 3.76. The average molecular weight is 533 g/mol.